The molecule has 0 fully saturated rings. The molecule has 1 rings (SSSR count). The van der Waals surface area contributed by atoms with Crippen molar-refractivity contribution in [3.05, 3.63) is 35.4 Å². The van der Waals surface area contributed by atoms with Crippen molar-refractivity contribution in [1.82, 2.24) is 4.90 Å². The van der Waals surface area contributed by atoms with Crippen LogP contribution in [0.2, 0.25) is 0 Å². The van der Waals surface area contributed by atoms with Crippen LogP contribution in [0.15, 0.2) is 24.3 Å². The smallest absolute Gasteiger partial charge is 0.0916 e. The predicted molar refractivity (Wildman–Crippen MR) is 79.3 cm³/mol. The Balaban J connectivity index is 2.64. The van der Waals surface area contributed by atoms with Crippen LogP contribution in [0.4, 0.5) is 0 Å². The minimum atomic E-state index is -0.488. The Labute approximate surface area is 116 Å². The number of benzene rings is 1. The third-order valence-electron chi connectivity index (χ3n) is 3.80. The summed E-state index contributed by atoms with van der Waals surface area (Å²) in [7, 11) is 0. The van der Waals surface area contributed by atoms with Gasteiger partial charge in [-0.2, -0.15) is 0 Å². The van der Waals surface area contributed by atoms with Gasteiger partial charge in [0.2, 0.25) is 0 Å². The summed E-state index contributed by atoms with van der Waals surface area (Å²) in [5, 5.41) is 19.2. The number of hydrogen-bond donors (Lipinski definition) is 2. The molecule has 0 amide bonds. The maximum Gasteiger partial charge on any atom is 0.0916 e. The molecule has 0 bridgehead atoms. The third-order valence-corrected chi connectivity index (χ3v) is 3.80. The molecule has 0 aliphatic rings. The van der Waals surface area contributed by atoms with Gasteiger partial charge in [0.15, 0.2) is 0 Å². The monoisotopic (exact) mass is 265 g/mol. The minimum Gasteiger partial charge on any atom is -0.395 e. The van der Waals surface area contributed by atoms with Crippen LogP contribution in [0.5, 0.6) is 0 Å². The fourth-order valence-electron chi connectivity index (χ4n) is 2.15. The lowest BCUT2D eigenvalue weighted by atomic mass is 9.96. The van der Waals surface area contributed by atoms with E-state index in [-0.39, 0.29) is 6.61 Å². The van der Waals surface area contributed by atoms with Crippen molar-refractivity contribution < 1.29 is 10.2 Å². The van der Waals surface area contributed by atoms with Crippen LogP contribution < -0.4 is 0 Å². The Bertz CT molecular complexity index is 350. The SMILES string of the molecule is CCC(C)c1ccc(C(O)CN(CC)CCO)cc1. The average Bonchev–Trinajstić information content (AvgIpc) is 2.45. The number of hydrogen-bond acceptors (Lipinski definition) is 3. The second-order valence-electron chi connectivity index (χ2n) is 5.11. The molecule has 0 radical (unpaired) electrons. The molecule has 2 unspecified atom stereocenters. The van der Waals surface area contributed by atoms with Crippen LogP contribution in [0.3, 0.4) is 0 Å². The summed E-state index contributed by atoms with van der Waals surface area (Å²) in [6, 6.07) is 8.24. The Kier molecular flexibility index (Phi) is 7.06. The highest BCUT2D eigenvalue weighted by Crippen LogP contribution is 2.21. The van der Waals surface area contributed by atoms with Gasteiger partial charge in [-0.1, -0.05) is 45.0 Å². The van der Waals surface area contributed by atoms with E-state index in [0.29, 0.717) is 19.0 Å². The third kappa shape index (κ3) is 4.94. The Morgan fingerprint density at radius 1 is 1.11 bits per heavy atom. The summed E-state index contributed by atoms with van der Waals surface area (Å²) < 4.78 is 0. The van der Waals surface area contributed by atoms with Gasteiger partial charge in [-0.25, -0.2) is 0 Å². The van der Waals surface area contributed by atoms with E-state index >= 15 is 0 Å². The lowest BCUT2D eigenvalue weighted by molar-refractivity contribution is 0.103. The minimum absolute atomic E-state index is 0.132. The van der Waals surface area contributed by atoms with Crippen molar-refractivity contribution in [2.75, 3.05) is 26.2 Å². The normalized spacial score (nSPS) is 14.6. The molecule has 1 aromatic carbocycles. The van der Waals surface area contributed by atoms with E-state index < -0.39 is 6.10 Å². The maximum atomic E-state index is 10.2. The predicted octanol–water partition coefficient (Wildman–Crippen LogP) is 2.55. The molecule has 19 heavy (non-hydrogen) atoms. The summed E-state index contributed by atoms with van der Waals surface area (Å²) in [5.41, 5.74) is 2.27. The molecule has 0 saturated heterocycles. The van der Waals surface area contributed by atoms with Gasteiger partial charge in [-0.3, -0.25) is 4.90 Å². The van der Waals surface area contributed by atoms with Crippen LogP contribution in [0.1, 0.15) is 50.3 Å². The highest BCUT2D eigenvalue weighted by Gasteiger charge is 2.12. The van der Waals surface area contributed by atoms with Crippen LogP contribution in [-0.4, -0.2) is 41.4 Å². The number of likely N-dealkylation sites (N-methyl/N-ethyl adjacent to an activating group) is 1. The Hall–Kier alpha value is -0.900. The van der Waals surface area contributed by atoms with E-state index in [1.54, 1.807) is 0 Å². The van der Waals surface area contributed by atoms with Gasteiger partial charge in [0, 0.05) is 13.1 Å². The molecule has 0 heterocycles. The summed E-state index contributed by atoms with van der Waals surface area (Å²) in [4.78, 5) is 2.05. The Morgan fingerprint density at radius 2 is 1.68 bits per heavy atom. The van der Waals surface area contributed by atoms with Crippen molar-refractivity contribution in [2.45, 2.75) is 39.2 Å². The molecule has 3 heteroatoms. The fraction of sp³-hybridized carbons (Fsp3) is 0.625. The van der Waals surface area contributed by atoms with Crippen molar-refractivity contribution >= 4 is 0 Å². The summed E-state index contributed by atoms with van der Waals surface area (Å²) in [5.74, 6) is 0.563. The van der Waals surface area contributed by atoms with Crippen LogP contribution in [0.25, 0.3) is 0 Å². The first-order chi connectivity index (χ1) is 9.12. The van der Waals surface area contributed by atoms with E-state index in [4.69, 9.17) is 5.11 Å². The number of nitrogens with zero attached hydrogens (tertiary/aromatic N) is 1. The average molecular weight is 265 g/mol. The molecule has 0 aliphatic heterocycles. The largest absolute Gasteiger partial charge is 0.395 e. The molecule has 0 spiro atoms. The highest BCUT2D eigenvalue weighted by molar-refractivity contribution is 5.26. The standard InChI is InChI=1S/C16H27NO2/c1-4-13(3)14-6-8-15(9-7-14)16(19)12-17(5-2)10-11-18/h6-9,13,16,18-19H,4-5,10-12H2,1-3H3. The molecule has 0 aromatic heterocycles. The van der Waals surface area contributed by atoms with Crippen molar-refractivity contribution in [3.63, 3.8) is 0 Å². The molecule has 2 atom stereocenters. The van der Waals surface area contributed by atoms with Gasteiger partial charge < -0.3 is 10.2 Å². The topological polar surface area (TPSA) is 43.7 Å². The second kappa shape index (κ2) is 8.31. The van der Waals surface area contributed by atoms with Gasteiger partial charge in [-0.15, -0.1) is 0 Å². The zero-order valence-electron chi connectivity index (χ0n) is 12.3. The van der Waals surface area contributed by atoms with Crippen molar-refractivity contribution in [1.29, 1.82) is 0 Å². The molecule has 1 aromatic rings. The molecule has 108 valence electrons. The molecule has 2 N–H and O–H groups in total. The van der Waals surface area contributed by atoms with E-state index in [1.807, 2.05) is 24.0 Å². The van der Waals surface area contributed by atoms with Crippen LogP contribution in [-0.2, 0) is 0 Å². The Morgan fingerprint density at radius 3 is 2.16 bits per heavy atom. The highest BCUT2D eigenvalue weighted by atomic mass is 16.3. The van der Waals surface area contributed by atoms with E-state index in [1.165, 1.54) is 5.56 Å². The number of aliphatic hydroxyl groups is 2. The van der Waals surface area contributed by atoms with Gasteiger partial charge in [0.25, 0.3) is 0 Å². The first-order valence-electron chi connectivity index (χ1n) is 7.23. The molecule has 0 saturated carbocycles. The number of aliphatic hydroxyl groups excluding tert-OH is 2. The summed E-state index contributed by atoms with van der Waals surface area (Å²) >= 11 is 0. The molecular formula is C16H27NO2. The molecule has 3 nitrogen and oxygen atoms in total. The van der Waals surface area contributed by atoms with E-state index in [0.717, 1.165) is 18.5 Å². The summed E-state index contributed by atoms with van der Waals surface area (Å²) in [6.45, 7) is 8.58. The van der Waals surface area contributed by atoms with Crippen molar-refractivity contribution in [2.24, 2.45) is 0 Å². The first-order valence-corrected chi connectivity index (χ1v) is 7.23. The van der Waals surface area contributed by atoms with Gasteiger partial charge >= 0.3 is 0 Å². The first kappa shape index (κ1) is 16.2. The quantitative estimate of drug-likeness (QED) is 0.759. The lowest BCUT2D eigenvalue weighted by Crippen LogP contribution is -2.31. The van der Waals surface area contributed by atoms with Crippen molar-refractivity contribution in [3.8, 4) is 0 Å². The van der Waals surface area contributed by atoms with Crippen LogP contribution in [0, 0.1) is 0 Å². The maximum absolute atomic E-state index is 10.2. The fourth-order valence-corrected chi connectivity index (χ4v) is 2.15. The van der Waals surface area contributed by atoms with Gasteiger partial charge in [0.05, 0.1) is 12.7 Å². The van der Waals surface area contributed by atoms with E-state index in [2.05, 4.69) is 26.0 Å². The zero-order chi connectivity index (χ0) is 14.3. The summed E-state index contributed by atoms with van der Waals surface area (Å²) in [6.07, 6.45) is 0.639. The van der Waals surface area contributed by atoms with Gasteiger partial charge in [0.1, 0.15) is 0 Å². The molecule has 0 aliphatic carbocycles. The number of rotatable bonds is 8. The van der Waals surface area contributed by atoms with E-state index in [9.17, 15) is 5.11 Å². The van der Waals surface area contributed by atoms with Gasteiger partial charge in [-0.05, 0) is 30.0 Å². The lowest BCUT2D eigenvalue weighted by Gasteiger charge is -2.23. The zero-order valence-corrected chi connectivity index (χ0v) is 12.3. The van der Waals surface area contributed by atoms with Crippen LogP contribution >= 0.6 is 0 Å². The molecular weight excluding hydrogens is 238 g/mol. The second-order valence-corrected chi connectivity index (χ2v) is 5.11.